The van der Waals surface area contributed by atoms with Crippen molar-refractivity contribution in [2.75, 3.05) is 20.1 Å². The predicted octanol–water partition coefficient (Wildman–Crippen LogP) is 1.86. The van der Waals surface area contributed by atoms with E-state index in [-0.39, 0.29) is 0 Å². The van der Waals surface area contributed by atoms with Crippen molar-refractivity contribution in [3.63, 3.8) is 0 Å². The summed E-state index contributed by atoms with van der Waals surface area (Å²) in [6.07, 6.45) is 7.22. The number of rotatable bonds is 6. The Hall–Kier alpha value is -0.0800. The minimum atomic E-state index is 0.711. The van der Waals surface area contributed by atoms with Gasteiger partial charge in [0.25, 0.3) is 0 Å². The van der Waals surface area contributed by atoms with Gasteiger partial charge in [0.2, 0.25) is 0 Å². The van der Waals surface area contributed by atoms with E-state index in [1.807, 2.05) is 0 Å². The zero-order valence-corrected chi connectivity index (χ0v) is 9.63. The van der Waals surface area contributed by atoms with Gasteiger partial charge in [0.05, 0.1) is 0 Å². The van der Waals surface area contributed by atoms with Crippen LogP contribution in [0.3, 0.4) is 0 Å². The second-order valence-corrected chi connectivity index (χ2v) is 5.20. The first-order valence-electron chi connectivity index (χ1n) is 6.20. The fourth-order valence-corrected chi connectivity index (χ4v) is 2.18. The second kappa shape index (κ2) is 4.63. The largest absolute Gasteiger partial charge is 0.315 e. The summed E-state index contributed by atoms with van der Waals surface area (Å²) >= 11 is 0. The molecule has 1 N–H and O–H groups in total. The summed E-state index contributed by atoms with van der Waals surface area (Å²) in [5.74, 6) is 0.994. The van der Waals surface area contributed by atoms with Crippen molar-refractivity contribution in [1.82, 2.24) is 10.2 Å². The van der Waals surface area contributed by atoms with Gasteiger partial charge in [-0.3, -0.25) is 4.90 Å². The van der Waals surface area contributed by atoms with Gasteiger partial charge in [-0.05, 0) is 52.1 Å². The number of nitrogens with one attached hydrogen (secondary N) is 1. The highest BCUT2D eigenvalue weighted by Crippen LogP contribution is 2.27. The molecule has 0 aromatic heterocycles. The van der Waals surface area contributed by atoms with E-state index in [1.165, 1.54) is 45.2 Å². The molecule has 2 rings (SSSR count). The summed E-state index contributed by atoms with van der Waals surface area (Å²) in [6, 6.07) is 1.61. The summed E-state index contributed by atoms with van der Waals surface area (Å²) in [4.78, 5) is 2.54. The van der Waals surface area contributed by atoms with Crippen molar-refractivity contribution in [1.29, 1.82) is 0 Å². The molecule has 0 aromatic carbocycles. The summed E-state index contributed by atoms with van der Waals surface area (Å²) in [6.45, 7) is 4.76. The Morgan fingerprint density at radius 3 is 2.50 bits per heavy atom. The summed E-state index contributed by atoms with van der Waals surface area (Å²) in [5.41, 5.74) is 0. The molecular weight excluding hydrogens is 172 g/mol. The van der Waals surface area contributed by atoms with Crippen LogP contribution in [0.1, 0.15) is 39.0 Å². The molecule has 2 heteroatoms. The van der Waals surface area contributed by atoms with Gasteiger partial charge in [-0.15, -0.1) is 0 Å². The molecule has 2 aliphatic carbocycles. The SMILES string of the molecule is CC(CNCC1CCC1)N(C)C1CC1. The lowest BCUT2D eigenvalue weighted by Gasteiger charge is -2.28. The number of hydrogen-bond donors (Lipinski definition) is 1. The van der Waals surface area contributed by atoms with E-state index in [4.69, 9.17) is 0 Å². The average Bonchev–Trinajstić information content (AvgIpc) is 2.90. The third kappa shape index (κ3) is 2.71. The third-order valence-corrected chi connectivity index (χ3v) is 3.92. The van der Waals surface area contributed by atoms with E-state index in [0.717, 1.165) is 12.0 Å². The van der Waals surface area contributed by atoms with Crippen LogP contribution in [0.15, 0.2) is 0 Å². The van der Waals surface area contributed by atoms with Crippen molar-refractivity contribution < 1.29 is 0 Å². The fraction of sp³-hybridized carbons (Fsp3) is 1.00. The highest BCUT2D eigenvalue weighted by Gasteiger charge is 2.28. The van der Waals surface area contributed by atoms with Gasteiger partial charge in [0, 0.05) is 18.6 Å². The maximum absolute atomic E-state index is 3.61. The molecule has 2 saturated carbocycles. The van der Waals surface area contributed by atoms with E-state index in [0.29, 0.717) is 6.04 Å². The molecule has 0 aliphatic heterocycles. The second-order valence-electron chi connectivity index (χ2n) is 5.20. The van der Waals surface area contributed by atoms with Gasteiger partial charge >= 0.3 is 0 Å². The number of hydrogen-bond acceptors (Lipinski definition) is 2. The molecular formula is C12H24N2. The van der Waals surface area contributed by atoms with Crippen LogP contribution < -0.4 is 5.32 Å². The minimum Gasteiger partial charge on any atom is -0.315 e. The van der Waals surface area contributed by atoms with Crippen molar-refractivity contribution in [2.45, 2.75) is 51.1 Å². The lowest BCUT2D eigenvalue weighted by atomic mass is 9.85. The van der Waals surface area contributed by atoms with Crippen molar-refractivity contribution in [3.8, 4) is 0 Å². The van der Waals surface area contributed by atoms with Crippen molar-refractivity contribution in [3.05, 3.63) is 0 Å². The highest BCUT2D eigenvalue weighted by molar-refractivity contribution is 4.86. The first-order valence-corrected chi connectivity index (χ1v) is 6.20. The summed E-state index contributed by atoms with van der Waals surface area (Å²) in [5, 5.41) is 3.61. The molecule has 0 saturated heterocycles. The Labute approximate surface area is 88.1 Å². The lowest BCUT2D eigenvalue weighted by Crippen LogP contribution is -2.41. The Morgan fingerprint density at radius 2 is 2.00 bits per heavy atom. The normalized spacial score (nSPS) is 25.1. The van der Waals surface area contributed by atoms with Crippen LogP contribution in [0.4, 0.5) is 0 Å². The van der Waals surface area contributed by atoms with E-state index >= 15 is 0 Å². The maximum Gasteiger partial charge on any atom is 0.0192 e. The Balaban J connectivity index is 1.54. The molecule has 14 heavy (non-hydrogen) atoms. The predicted molar refractivity (Wildman–Crippen MR) is 60.5 cm³/mol. The molecule has 1 atom stereocenters. The van der Waals surface area contributed by atoms with Crippen molar-refractivity contribution in [2.24, 2.45) is 5.92 Å². The fourth-order valence-electron chi connectivity index (χ4n) is 2.18. The molecule has 0 bridgehead atoms. The highest BCUT2D eigenvalue weighted by atomic mass is 15.2. The summed E-state index contributed by atoms with van der Waals surface area (Å²) < 4.78 is 0. The first-order chi connectivity index (χ1) is 6.77. The number of likely N-dealkylation sites (N-methyl/N-ethyl adjacent to an activating group) is 1. The van der Waals surface area contributed by atoms with Gasteiger partial charge in [0.1, 0.15) is 0 Å². The van der Waals surface area contributed by atoms with E-state index in [1.54, 1.807) is 0 Å². The quantitative estimate of drug-likeness (QED) is 0.697. The minimum absolute atomic E-state index is 0.711. The summed E-state index contributed by atoms with van der Waals surface area (Å²) in [7, 11) is 2.27. The van der Waals surface area contributed by atoms with Gasteiger partial charge in [-0.1, -0.05) is 6.42 Å². The third-order valence-electron chi connectivity index (χ3n) is 3.92. The standard InChI is InChI=1S/C12H24N2/c1-10(14(2)12-6-7-12)8-13-9-11-4-3-5-11/h10-13H,3-9H2,1-2H3. The molecule has 0 amide bonds. The van der Waals surface area contributed by atoms with Crippen LogP contribution in [0, 0.1) is 5.92 Å². The van der Waals surface area contributed by atoms with Gasteiger partial charge < -0.3 is 5.32 Å². The van der Waals surface area contributed by atoms with E-state index < -0.39 is 0 Å². The van der Waals surface area contributed by atoms with E-state index in [9.17, 15) is 0 Å². The zero-order chi connectivity index (χ0) is 9.97. The topological polar surface area (TPSA) is 15.3 Å². The molecule has 2 fully saturated rings. The van der Waals surface area contributed by atoms with Gasteiger partial charge in [-0.25, -0.2) is 0 Å². The molecule has 1 unspecified atom stereocenters. The van der Waals surface area contributed by atoms with Gasteiger partial charge in [0.15, 0.2) is 0 Å². The van der Waals surface area contributed by atoms with Crippen LogP contribution in [-0.4, -0.2) is 37.1 Å². The van der Waals surface area contributed by atoms with Crippen LogP contribution in [0.5, 0.6) is 0 Å². The smallest absolute Gasteiger partial charge is 0.0192 e. The van der Waals surface area contributed by atoms with Crippen LogP contribution >= 0.6 is 0 Å². The zero-order valence-electron chi connectivity index (χ0n) is 9.63. The maximum atomic E-state index is 3.61. The molecule has 82 valence electrons. The van der Waals surface area contributed by atoms with Crippen LogP contribution in [0.2, 0.25) is 0 Å². The molecule has 0 radical (unpaired) electrons. The molecule has 2 nitrogen and oxygen atoms in total. The lowest BCUT2D eigenvalue weighted by molar-refractivity contribution is 0.229. The molecule has 2 aliphatic rings. The first kappa shape index (κ1) is 10.4. The van der Waals surface area contributed by atoms with Crippen LogP contribution in [0.25, 0.3) is 0 Å². The van der Waals surface area contributed by atoms with Crippen molar-refractivity contribution >= 4 is 0 Å². The Bertz CT molecular complexity index is 173. The Kier molecular flexibility index (Phi) is 3.45. The molecule has 0 heterocycles. The number of nitrogens with zero attached hydrogens (tertiary/aromatic N) is 1. The van der Waals surface area contributed by atoms with Crippen LogP contribution in [-0.2, 0) is 0 Å². The van der Waals surface area contributed by atoms with Gasteiger partial charge in [-0.2, -0.15) is 0 Å². The van der Waals surface area contributed by atoms with E-state index in [2.05, 4.69) is 24.2 Å². The monoisotopic (exact) mass is 196 g/mol. The Morgan fingerprint density at radius 1 is 1.29 bits per heavy atom. The average molecular weight is 196 g/mol. The molecule has 0 aromatic rings. The molecule has 0 spiro atoms.